The van der Waals surface area contributed by atoms with Crippen LogP contribution < -0.4 is 0 Å². The van der Waals surface area contributed by atoms with E-state index in [0.717, 1.165) is 12.8 Å². The van der Waals surface area contributed by atoms with Crippen molar-refractivity contribution in [1.82, 2.24) is 0 Å². The third-order valence-electron chi connectivity index (χ3n) is 2.18. The molecule has 0 unspecified atom stereocenters. The molecule has 0 aliphatic heterocycles. The number of allylic oxidation sites excluding steroid dienone is 3. The highest BCUT2D eigenvalue weighted by molar-refractivity contribution is 5.90. The Morgan fingerprint density at radius 3 is 2.60 bits per heavy atom. The van der Waals surface area contributed by atoms with Gasteiger partial charge in [0.2, 0.25) is 0 Å². The first-order chi connectivity index (χ1) is 7.36. The second-order valence-electron chi connectivity index (χ2n) is 3.34. The van der Waals surface area contributed by atoms with Gasteiger partial charge in [0.15, 0.2) is 0 Å². The number of ether oxygens (including phenoxy) is 1. The summed E-state index contributed by atoms with van der Waals surface area (Å²) in [7, 11) is 0. The molecule has 0 aromatic heterocycles. The fourth-order valence-electron chi connectivity index (χ4n) is 1.41. The predicted octanol–water partition coefficient (Wildman–Crippen LogP) is 3.08. The minimum atomic E-state index is -0.298. The normalized spacial score (nSPS) is 14.5. The second-order valence-corrected chi connectivity index (χ2v) is 3.34. The topological polar surface area (TPSA) is 26.3 Å². The van der Waals surface area contributed by atoms with Crippen LogP contribution in [-0.4, -0.2) is 5.97 Å². The molecule has 1 aromatic carbocycles. The van der Waals surface area contributed by atoms with Crippen molar-refractivity contribution in [3.8, 4) is 0 Å². The smallest absolute Gasteiger partial charge is 0.343 e. The maximum absolute atomic E-state index is 11.6. The number of carbonyl (C=O) groups excluding carboxylic acids is 1. The summed E-state index contributed by atoms with van der Waals surface area (Å²) in [4.78, 5) is 11.6. The van der Waals surface area contributed by atoms with Crippen LogP contribution in [0.4, 0.5) is 0 Å². The Labute approximate surface area is 88.9 Å². The molecule has 0 fully saturated rings. The highest BCUT2D eigenvalue weighted by atomic mass is 16.5. The van der Waals surface area contributed by atoms with Crippen LogP contribution in [-0.2, 0) is 4.74 Å². The highest BCUT2D eigenvalue weighted by Gasteiger charge is 2.08. The Hall–Kier alpha value is -1.83. The number of carbonyl (C=O) groups is 1. The molecule has 0 bridgehead atoms. The molecule has 2 nitrogen and oxygen atoms in total. The fraction of sp³-hybridized carbons (Fsp3) is 0.154. The Kier molecular flexibility index (Phi) is 2.98. The summed E-state index contributed by atoms with van der Waals surface area (Å²) in [5.74, 6) is 0.350. The molecular formula is C13H12O2. The van der Waals surface area contributed by atoms with Gasteiger partial charge in [-0.05, 0) is 37.1 Å². The Balaban J connectivity index is 2.04. The van der Waals surface area contributed by atoms with E-state index in [1.54, 1.807) is 12.1 Å². The largest absolute Gasteiger partial charge is 0.423 e. The van der Waals surface area contributed by atoms with Crippen LogP contribution in [0, 0.1) is 0 Å². The number of rotatable bonds is 2. The van der Waals surface area contributed by atoms with Crippen LogP contribution in [0.2, 0.25) is 0 Å². The summed E-state index contributed by atoms with van der Waals surface area (Å²) in [6.07, 6.45) is 7.74. The van der Waals surface area contributed by atoms with Crippen molar-refractivity contribution >= 4 is 5.97 Å². The van der Waals surface area contributed by atoms with Crippen molar-refractivity contribution in [2.24, 2.45) is 0 Å². The number of esters is 1. The van der Waals surface area contributed by atoms with Crippen molar-refractivity contribution in [3.63, 3.8) is 0 Å². The lowest BCUT2D eigenvalue weighted by Gasteiger charge is -2.07. The first-order valence-corrected chi connectivity index (χ1v) is 5.00. The average Bonchev–Trinajstić information content (AvgIpc) is 2.31. The van der Waals surface area contributed by atoms with Crippen molar-refractivity contribution in [1.29, 1.82) is 0 Å². The molecule has 1 aliphatic carbocycles. The van der Waals surface area contributed by atoms with Crippen molar-refractivity contribution in [3.05, 3.63) is 59.9 Å². The molecule has 0 spiro atoms. The predicted molar refractivity (Wildman–Crippen MR) is 58.3 cm³/mol. The van der Waals surface area contributed by atoms with Gasteiger partial charge < -0.3 is 4.74 Å². The molecule has 0 N–H and O–H groups in total. The third kappa shape index (κ3) is 2.56. The maximum Gasteiger partial charge on any atom is 0.343 e. The lowest BCUT2D eigenvalue weighted by Crippen LogP contribution is -2.04. The molecule has 1 aromatic rings. The van der Waals surface area contributed by atoms with E-state index < -0.39 is 0 Å². The second kappa shape index (κ2) is 4.60. The molecular weight excluding hydrogens is 188 g/mol. The van der Waals surface area contributed by atoms with Crippen LogP contribution in [0.1, 0.15) is 23.2 Å². The van der Waals surface area contributed by atoms with Gasteiger partial charge in [-0.1, -0.05) is 24.3 Å². The van der Waals surface area contributed by atoms with Crippen LogP contribution in [0.15, 0.2) is 54.3 Å². The minimum Gasteiger partial charge on any atom is -0.423 e. The monoisotopic (exact) mass is 200 g/mol. The minimum absolute atomic E-state index is 0.298. The van der Waals surface area contributed by atoms with Gasteiger partial charge in [-0.15, -0.1) is 0 Å². The van der Waals surface area contributed by atoms with Crippen LogP contribution >= 0.6 is 0 Å². The van der Waals surface area contributed by atoms with Gasteiger partial charge in [0.1, 0.15) is 5.76 Å². The summed E-state index contributed by atoms with van der Waals surface area (Å²) >= 11 is 0. The summed E-state index contributed by atoms with van der Waals surface area (Å²) in [5.41, 5.74) is 0.581. The molecule has 0 atom stereocenters. The van der Waals surface area contributed by atoms with Gasteiger partial charge >= 0.3 is 5.97 Å². The van der Waals surface area contributed by atoms with Gasteiger partial charge in [0.05, 0.1) is 5.56 Å². The quantitative estimate of drug-likeness (QED) is 0.686. The SMILES string of the molecule is O=C(OC1=CCCC=C1)c1ccccc1. The number of hydrogen-bond acceptors (Lipinski definition) is 2. The molecule has 2 rings (SSSR count). The maximum atomic E-state index is 11.6. The van der Waals surface area contributed by atoms with Gasteiger partial charge in [-0.3, -0.25) is 0 Å². The van der Waals surface area contributed by atoms with Gasteiger partial charge in [0.25, 0.3) is 0 Å². The Bertz CT molecular complexity index is 402. The summed E-state index contributed by atoms with van der Waals surface area (Å²) < 4.78 is 5.21. The van der Waals surface area contributed by atoms with Crippen LogP contribution in [0.5, 0.6) is 0 Å². The third-order valence-corrected chi connectivity index (χ3v) is 2.18. The van der Waals surface area contributed by atoms with E-state index in [9.17, 15) is 4.79 Å². The number of hydrogen-bond donors (Lipinski definition) is 0. The lowest BCUT2D eigenvalue weighted by molar-refractivity contribution is 0.0635. The van der Waals surface area contributed by atoms with E-state index in [1.807, 2.05) is 36.4 Å². The molecule has 2 heteroatoms. The molecule has 0 saturated carbocycles. The first kappa shape index (κ1) is 9.71. The van der Waals surface area contributed by atoms with Crippen molar-refractivity contribution in [2.75, 3.05) is 0 Å². The van der Waals surface area contributed by atoms with Gasteiger partial charge in [-0.2, -0.15) is 0 Å². The molecule has 0 heterocycles. The van der Waals surface area contributed by atoms with Crippen molar-refractivity contribution < 1.29 is 9.53 Å². The standard InChI is InChI=1S/C13H12O2/c14-13(11-7-3-1-4-8-11)15-12-9-5-2-6-10-12/h1,3-5,7-10H,2,6H2. The molecule has 15 heavy (non-hydrogen) atoms. The Morgan fingerprint density at radius 1 is 1.13 bits per heavy atom. The van der Waals surface area contributed by atoms with Crippen molar-refractivity contribution in [2.45, 2.75) is 12.8 Å². The number of benzene rings is 1. The zero-order valence-electron chi connectivity index (χ0n) is 8.35. The molecule has 0 radical (unpaired) electrons. The van der Waals surface area contributed by atoms with E-state index in [2.05, 4.69) is 0 Å². The molecule has 1 aliphatic rings. The molecule has 0 saturated heterocycles. The summed E-state index contributed by atoms with van der Waals surface area (Å²) in [6.45, 7) is 0. The summed E-state index contributed by atoms with van der Waals surface area (Å²) in [6, 6.07) is 9.00. The first-order valence-electron chi connectivity index (χ1n) is 5.00. The van der Waals surface area contributed by atoms with Crippen LogP contribution in [0.3, 0.4) is 0 Å². The molecule has 76 valence electrons. The zero-order valence-corrected chi connectivity index (χ0v) is 8.35. The summed E-state index contributed by atoms with van der Waals surface area (Å²) in [5, 5.41) is 0. The fourth-order valence-corrected chi connectivity index (χ4v) is 1.41. The van der Waals surface area contributed by atoms with Gasteiger partial charge in [-0.25, -0.2) is 4.79 Å². The van der Waals surface area contributed by atoms with Crippen LogP contribution in [0.25, 0.3) is 0 Å². The van der Waals surface area contributed by atoms with Gasteiger partial charge in [0, 0.05) is 0 Å². The molecule has 0 amide bonds. The zero-order chi connectivity index (χ0) is 10.5. The van der Waals surface area contributed by atoms with E-state index in [0.29, 0.717) is 11.3 Å². The van der Waals surface area contributed by atoms with E-state index in [1.165, 1.54) is 0 Å². The van der Waals surface area contributed by atoms with E-state index >= 15 is 0 Å². The highest BCUT2D eigenvalue weighted by Crippen LogP contribution is 2.13. The van der Waals surface area contributed by atoms with E-state index in [-0.39, 0.29) is 5.97 Å². The average molecular weight is 200 g/mol. The van der Waals surface area contributed by atoms with E-state index in [4.69, 9.17) is 4.74 Å². The lowest BCUT2D eigenvalue weighted by atomic mass is 10.2. The Morgan fingerprint density at radius 2 is 1.93 bits per heavy atom.